The number of allylic oxidation sites excluding steroid dienone is 6. The van der Waals surface area contributed by atoms with Gasteiger partial charge in [-0.25, -0.2) is 0 Å². The maximum absolute atomic E-state index is 9.37. The molecule has 0 amide bonds. The standard InChI is InChI=1S/C14H17N3O2/c1-4-19-14(9-18)17-10(2)5-12(6-11(17)3)13(7-15)8-16/h5-6,14,18H,4,9H2,1-3H3. The smallest absolute Gasteiger partial charge is 0.157 e. The normalized spacial score (nSPS) is 16.1. The van der Waals surface area contributed by atoms with Crippen LogP contribution in [0.1, 0.15) is 20.8 Å². The lowest BCUT2D eigenvalue weighted by Crippen LogP contribution is -2.38. The SMILES string of the molecule is CCOC(CO)N1C(C)=CC(=C(C#N)C#N)C=C1C. The van der Waals surface area contributed by atoms with E-state index < -0.39 is 6.23 Å². The Balaban J connectivity index is 3.16. The van der Waals surface area contributed by atoms with Crippen molar-refractivity contribution in [3.8, 4) is 12.1 Å². The second-order valence-electron chi connectivity index (χ2n) is 4.09. The maximum Gasteiger partial charge on any atom is 0.157 e. The molecule has 1 atom stereocenters. The van der Waals surface area contributed by atoms with E-state index in [9.17, 15) is 5.11 Å². The minimum absolute atomic E-state index is 0.0790. The molecule has 0 aromatic rings. The average Bonchev–Trinajstić information content (AvgIpc) is 2.38. The fourth-order valence-corrected chi connectivity index (χ4v) is 2.06. The summed E-state index contributed by atoms with van der Waals surface area (Å²) in [6.07, 6.45) is 3.04. The highest BCUT2D eigenvalue weighted by Gasteiger charge is 2.23. The molecule has 1 aliphatic heterocycles. The van der Waals surface area contributed by atoms with Crippen LogP contribution in [-0.2, 0) is 4.74 Å². The first-order chi connectivity index (χ1) is 9.08. The molecular weight excluding hydrogens is 242 g/mol. The third-order valence-electron chi connectivity index (χ3n) is 2.80. The molecule has 0 bridgehead atoms. The van der Waals surface area contributed by atoms with Gasteiger partial charge < -0.3 is 14.7 Å². The number of rotatable bonds is 4. The minimum Gasteiger partial charge on any atom is -0.392 e. The van der Waals surface area contributed by atoms with Crippen molar-refractivity contribution in [2.24, 2.45) is 0 Å². The van der Waals surface area contributed by atoms with Crippen LogP contribution in [-0.4, -0.2) is 29.4 Å². The quantitative estimate of drug-likeness (QED) is 0.779. The molecule has 5 nitrogen and oxygen atoms in total. The molecule has 0 aromatic carbocycles. The summed E-state index contributed by atoms with van der Waals surface area (Å²) in [4.78, 5) is 1.85. The van der Waals surface area contributed by atoms with E-state index in [1.54, 1.807) is 12.2 Å². The van der Waals surface area contributed by atoms with Crippen molar-refractivity contribution >= 4 is 0 Å². The van der Waals surface area contributed by atoms with Crippen molar-refractivity contribution in [1.29, 1.82) is 10.5 Å². The monoisotopic (exact) mass is 259 g/mol. The number of hydrogen-bond donors (Lipinski definition) is 1. The van der Waals surface area contributed by atoms with Gasteiger partial charge in [-0.05, 0) is 32.9 Å². The molecule has 1 rings (SSSR count). The van der Waals surface area contributed by atoms with Gasteiger partial charge in [0.15, 0.2) is 6.23 Å². The van der Waals surface area contributed by atoms with Gasteiger partial charge in [0.25, 0.3) is 0 Å². The molecule has 0 aliphatic carbocycles. The first-order valence-electron chi connectivity index (χ1n) is 6.01. The molecule has 0 saturated carbocycles. The van der Waals surface area contributed by atoms with Crippen LogP contribution in [0.2, 0.25) is 0 Å². The molecule has 0 spiro atoms. The van der Waals surface area contributed by atoms with E-state index in [2.05, 4.69) is 0 Å². The van der Waals surface area contributed by atoms with Crippen LogP contribution in [0.25, 0.3) is 0 Å². The molecule has 0 fully saturated rings. The summed E-state index contributed by atoms with van der Waals surface area (Å²) in [5.74, 6) is 0. The van der Waals surface area contributed by atoms with Gasteiger partial charge in [0.1, 0.15) is 17.7 Å². The second-order valence-corrected chi connectivity index (χ2v) is 4.09. The lowest BCUT2D eigenvalue weighted by Gasteiger charge is -2.35. The van der Waals surface area contributed by atoms with Gasteiger partial charge in [-0.2, -0.15) is 10.5 Å². The largest absolute Gasteiger partial charge is 0.392 e. The predicted molar refractivity (Wildman–Crippen MR) is 70.1 cm³/mol. The van der Waals surface area contributed by atoms with Gasteiger partial charge in [0.05, 0.1) is 6.61 Å². The van der Waals surface area contributed by atoms with Gasteiger partial charge in [0.2, 0.25) is 0 Å². The summed E-state index contributed by atoms with van der Waals surface area (Å²) in [7, 11) is 0. The Morgan fingerprint density at radius 3 is 2.21 bits per heavy atom. The Hall–Kier alpha value is -2.08. The number of aliphatic hydroxyl groups is 1. The minimum atomic E-state index is -0.452. The number of nitrogens with zero attached hydrogens (tertiary/aromatic N) is 3. The summed E-state index contributed by atoms with van der Waals surface area (Å²) in [6.45, 7) is 5.92. The molecule has 0 radical (unpaired) electrons. The van der Waals surface area contributed by atoms with Gasteiger partial charge in [-0.1, -0.05) is 0 Å². The summed E-state index contributed by atoms with van der Waals surface area (Å²) in [5, 5.41) is 27.2. The van der Waals surface area contributed by atoms with Crippen molar-refractivity contribution in [1.82, 2.24) is 4.90 Å². The van der Waals surface area contributed by atoms with Crippen LogP contribution in [0.15, 0.2) is 34.7 Å². The van der Waals surface area contributed by atoms with Gasteiger partial charge >= 0.3 is 0 Å². The van der Waals surface area contributed by atoms with E-state index in [0.29, 0.717) is 12.2 Å². The van der Waals surface area contributed by atoms with Crippen molar-refractivity contribution in [2.75, 3.05) is 13.2 Å². The third kappa shape index (κ3) is 3.23. The highest BCUT2D eigenvalue weighted by atomic mass is 16.5. The van der Waals surface area contributed by atoms with Crippen LogP contribution >= 0.6 is 0 Å². The van der Waals surface area contributed by atoms with Crippen molar-refractivity contribution in [3.63, 3.8) is 0 Å². The van der Waals surface area contributed by atoms with E-state index in [0.717, 1.165) is 11.4 Å². The van der Waals surface area contributed by atoms with Gasteiger partial charge in [0, 0.05) is 23.6 Å². The van der Waals surface area contributed by atoms with E-state index in [1.165, 1.54) is 0 Å². The van der Waals surface area contributed by atoms with Crippen molar-refractivity contribution < 1.29 is 9.84 Å². The Labute approximate surface area is 113 Å². The second kappa shape index (κ2) is 6.75. The fourth-order valence-electron chi connectivity index (χ4n) is 2.06. The number of aliphatic hydroxyl groups excluding tert-OH is 1. The number of nitriles is 2. The highest BCUT2D eigenvalue weighted by molar-refractivity contribution is 5.53. The Morgan fingerprint density at radius 2 is 1.84 bits per heavy atom. The van der Waals surface area contributed by atoms with Crippen LogP contribution in [0, 0.1) is 22.7 Å². The molecule has 100 valence electrons. The zero-order valence-corrected chi connectivity index (χ0v) is 11.3. The molecule has 1 aliphatic rings. The molecule has 1 unspecified atom stereocenters. The summed E-state index contributed by atoms with van der Waals surface area (Å²) >= 11 is 0. The summed E-state index contributed by atoms with van der Waals surface area (Å²) < 4.78 is 5.47. The lowest BCUT2D eigenvalue weighted by atomic mass is 10.0. The first-order valence-corrected chi connectivity index (χ1v) is 6.01. The van der Waals surface area contributed by atoms with E-state index in [1.807, 2.05) is 37.8 Å². The van der Waals surface area contributed by atoms with Crippen LogP contribution in [0.3, 0.4) is 0 Å². The summed E-state index contributed by atoms with van der Waals surface area (Å²) in [6, 6.07) is 3.75. The first kappa shape index (κ1) is 15.0. The van der Waals surface area contributed by atoms with E-state index in [-0.39, 0.29) is 12.2 Å². The number of ether oxygens (including phenoxy) is 1. The van der Waals surface area contributed by atoms with E-state index >= 15 is 0 Å². The number of hydrogen-bond acceptors (Lipinski definition) is 5. The Morgan fingerprint density at radius 1 is 1.32 bits per heavy atom. The van der Waals surface area contributed by atoms with Crippen LogP contribution < -0.4 is 0 Å². The third-order valence-corrected chi connectivity index (χ3v) is 2.80. The van der Waals surface area contributed by atoms with Gasteiger partial charge in [-0.15, -0.1) is 0 Å². The molecule has 5 heteroatoms. The Bertz CT molecular complexity index is 480. The molecule has 19 heavy (non-hydrogen) atoms. The molecule has 0 aromatic heterocycles. The molecular formula is C14H17N3O2. The maximum atomic E-state index is 9.37. The van der Waals surface area contributed by atoms with Crippen LogP contribution in [0.4, 0.5) is 0 Å². The molecule has 1 heterocycles. The zero-order chi connectivity index (χ0) is 14.4. The molecule has 0 saturated heterocycles. The molecule has 1 N–H and O–H groups in total. The average molecular weight is 259 g/mol. The topological polar surface area (TPSA) is 80.3 Å². The highest BCUT2D eigenvalue weighted by Crippen LogP contribution is 2.26. The van der Waals surface area contributed by atoms with Crippen molar-refractivity contribution in [3.05, 3.63) is 34.7 Å². The lowest BCUT2D eigenvalue weighted by molar-refractivity contribution is -0.0547. The Kier molecular flexibility index (Phi) is 5.32. The predicted octanol–water partition coefficient (Wildman–Crippen LogP) is 1.81. The van der Waals surface area contributed by atoms with E-state index in [4.69, 9.17) is 15.3 Å². The fraction of sp³-hybridized carbons (Fsp3) is 0.429. The van der Waals surface area contributed by atoms with Crippen LogP contribution in [0.5, 0.6) is 0 Å². The van der Waals surface area contributed by atoms with Gasteiger partial charge in [-0.3, -0.25) is 0 Å². The van der Waals surface area contributed by atoms with Crippen molar-refractivity contribution in [2.45, 2.75) is 27.0 Å². The zero-order valence-electron chi connectivity index (χ0n) is 11.3. The summed E-state index contributed by atoms with van der Waals surface area (Å²) in [5.41, 5.74) is 2.32.